The van der Waals surface area contributed by atoms with E-state index in [-0.39, 0.29) is 11.6 Å². The third-order valence-electron chi connectivity index (χ3n) is 5.38. The number of amides is 1. The lowest BCUT2D eigenvalue weighted by atomic mass is 10.1. The standard InChI is InChI=1S/C22H26N4O3/c1-29-16-9-7-15(8-10-16)5-4-6-21(27)23-19-13-17-18(25-22(28)24-17)14-20(19)26-11-2-3-12-26/h7-10,13-14H,2-6,11-12H2,1H3,(H,23,27)(H2,24,25,28). The topological polar surface area (TPSA) is 90.2 Å². The Balaban J connectivity index is 1.43. The Labute approximate surface area is 169 Å². The number of carbonyl (C=O) groups is 1. The fourth-order valence-electron chi connectivity index (χ4n) is 3.85. The normalized spacial score (nSPS) is 13.8. The Kier molecular flexibility index (Phi) is 5.55. The van der Waals surface area contributed by atoms with Gasteiger partial charge in [-0.3, -0.25) is 4.79 Å². The minimum absolute atomic E-state index is 0.0174. The number of methoxy groups -OCH3 is 1. The van der Waals surface area contributed by atoms with Crippen LogP contribution in [0.1, 0.15) is 31.2 Å². The number of hydrogen-bond donors (Lipinski definition) is 3. The van der Waals surface area contributed by atoms with Gasteiger partial charge in [0.1, 0.15) is 5.75 Å². The predicted molar refractivity (Wildman–Crippen MR) is 115 cm³/mol. The number of aromatic nitrogens is 2. The average Bonchev–Trinajstić information content (AvgIpc) is 3.36. The minimum Gasteiger partial charge on any atom is -0.497 e. The quantitative estimate of drug-likeness (QED) is 0.573. The fourth-order valence-corrected chi connectivity index (χ4v) is 3.85. The summed E-state index contributed by atoms with van der Waals surface area (Å²) in [5.74, 6) is 0.815. The zero-order valence-corrected chi connectivity index (χ0v) is 16.6. The maximum Gasteiger partial charge on any atom is 0.323 e. The molecule has 0 unspecified atom stereocenters. The molecule has 2 heterocycles. The summed E-state index contributed by atoms with van der Waals surface area (Å²) >= 11 is 0. The molecule has 7 nitrogen and oxygen atoms in total. The van der Waals surface area contributed by atoms with Gasteiger partial charge in [0.05, 0.1) is 29.5 Å². The summed E-state index contributed by atoms with van der Waals surface area (Å²) in [7, 11) is 1.65. The van der Waals surface area contributed by atoms with Crippen LogP contribution in [-0.4, -0.2) is 36.1 Å². The Morgan fingerprint density at radius 3 is 2.48 bits per heavy atom. The maximum absolute atomic E-state index is 12.6. The van der Waals surface area contributed by atoms with E-state index in [1.54, 1.807) is 7.11 Å². The lowest BCUT2D eigenvalue weighted by molar-refractivity contribution is -0.116. The van der Waals surface area contributed by atoms with Gasteiger partial charge in [0.15, 0.2) is 0 Å². The SMILES string of the molecule is COc1ccc(CCCC(=O)Nc2cc3[nH]c(=O)[nH]c3cc2N2CCCC2)cc1. The average molecular weight is 394 g/mol. The maximum atomic E-state index is 12.6. The van der Waals surface area contributed by atoms with Crippen molar-refractivity contribution in [2.45, 2.75) is 32.1 Å². The first-order valence-corrected chi connectivity index (χ1v) is 10.1. The molecular formula is C22H26N4O3. The van der Waals surface area contributed by atoms with E-state index in [4.69, 9.17) is 4.74 Å². The molecule has 0 spiro atoms. The number of imidazole rings is 1. The molecule has 0 aliphatic carbocycles. The first-order chi connectivity index (χ1) is 14.1. The number of ether oxygens (including phenoxy) is 1. The molecule has 3 N–H and O–H groups in total. The van der Waals surface area contributed by atoms with Crippen molar-refractivity contribution in [3.8, 4) is 5.75 Å². The van der Waals surface area contributed by atoms with Crippen molar-refractivity contribution in [1.82, 2.24) is 9.97 Å². The van der Waals surface area contributed by atoms with Crippen molar-refractivity contribution < 1.29 is 9.53 Å². The van der Waals surface area contributed by atoms with Crippen LogP contribution in [0.4, 0.5) is 11.4 Å². The number of anilines is 2. The number of nitrogens with one attached hydrogen (secondary N) is 3. The molecule has 2 aromatic carbocycles. The van der Waals surface area contributed by atoms with E-state index >= 15 is 0 Å². The largest absolute Gasteiger partial charge is 0.497 e. The van der Waals surface area contributed by atoms with E-state index in [1.165, 1.54) is 5.56 Å². The van der Waals surface area contributed by atoms with Gasteiger partial charge >= 0.3 is 5.69 Å². The summed E-state index contributed by atoms with van der Waals surface area (Å²) in [6, 6.07) is 11.7. The highest BCUT2D eigenvalue weighted by molar-refractivity contribution is 5.98. The number of H-pyrrole nitrogens is 2. The van der Waals surface area contributed by atoms with E-state index in [0.29, 0.717) is 11.9 Å². The second-order valence-electron chi connectivity index (χ2n) is 7.44. The number of hydrogen-bond acceptors (Lipinski definition) is 4. The minimum atomic E-state index is -0.240. The molecule has 0 atom stereocenters. The van der Waals surface area contributed by atoms with Crippen LogP contribution in [0.3, 0.4) is 0 Å². The van der Waals surface area contributed by atoms with E-state index in [1.807, 2.05) is 36.4 Å². The summed E-state index contributed by atoms with van der Waals surface area (Å²) in [6.07, 6.45) is 4.31. The molecule has 1 aliphatic rings. The van der Waals surface area contributed by atoms with Crippen LogP contribution in [0.25, 0.3) is 11.0 Å². The van der Waals surface area contributed by atoms with Crippen molar-refractivity contribution in [2.75, 3.05) is 30.4 Å². The molecule has 1 aliphatic heterocycles. The summed E-state index contributed by atoms with van der Waals surface area (Å²) in [6.45, 7) is 1.92. The van der Waals surface area contributed by atoms with Crippen molar-refractivity contribution in [2.24, 2.45) is 0 Å². The van der Waals surface area contributed by atoms with E-state index in [2.05, 4.69) is 20.2 Å². The van der Waals surface area contributed by atoms with Crippen LogP contribution in [0.2, 0.25) is 0 Å². The van der Waals surface area contributed by atoms with Gasteiger partial charge < -0.3 is 24.9 Å². The van der Waals surface area contributed by atoms with Crippen molar-refractivity contribution >= 4 is 28.3 Å². The molecule has 0 bridgehead atoms. The van der Waals surface area contributed by atoms with Crippen LogP contribution in [-0.2, 0) is 11.2 Å². The van der Waals surface area contributed by atoms with Crippen LogP contribution < -0.4 is 20.6 Å². The molecule has 3 aromatic rings. The smallest absolute Gasteiger partial charge is 0.323 e. The lowest BCUT2D eigenvalue weighted by Crippen LogP contribution is -2.21. The van der Waals surface area contributed by atoms with Gasteiger partial charge in [-0.15, -0.1) is 0 Å². The Bertz CT molecular complexity index is 1050. The van der Waals surface area contributed by atoms with Crippen LogP contribution in [0.15, 0.2) is 41.2 Å². The van der Waals surface area contributed by atoms with Crippen molar-refractivity contribution in [3.63, 3.8) is 0 Å². The summed E-state index contributed by atoms with van der Waals surface area (Å²) < 4.78 is 5.17. The molecule has 1 fully saturated rings. The van der Waals surface area contributed by atoms with E-state index < -0.39 is 0 Å². The lowest BCUT2D eigenvalue weighted by Gasteiger charge is -2.22. The number of nitrogens with zero attached hydrogens (tertiary/aromatic N) is 1. The summed E-state index contributed by atoms with van der Waals surface area (Å²) in [4.78, 5) is 32.1. The second kappa shape index (κ2) is 8.43. The molecule has 29 heavy (non-hydrogen) atoms. The summed E-state index contributed by atoms with van der Waals surface area (Å²) in [5, 5.41) is 3.06. The molecule has 152 valence electrons. The van der Waals surface area contributed by atoms with Crippen LogP contribution in [0.5, 0.6) is 5.75 Å². The van der Waals surface area contributed by atoms with Gasteiger partial charge in [0, 0.05) is 19.5 Å². The van der Waals surface area contributed by atoms with Gasteiger partial charge in [0.2, 0.25) is 5.91 Å². The summed E-state index contributed by atoms with van der Waals surface area (Å²) in [5.41, 5.74) is 4.12. The van der Waals surface area contributed by atoms with Crippen LogP contribution >= 0.6 is 0 Å². The molecular weight excluding hydrogens is 368 g/mol. The zero-order chi connectivity index (χ0) is 20.2. The molecule has 7 heteroatoms. The molecule has 1 amide bonds. The van der Waals surface area contributed by atoms with Gasteiger partial charge in [-0.05, 0) is 55.5 Å². The third-order valence-corrected chi connectivity index (χ3v) is 5.38. The van der Waals surface area contributed by atoms with Crippen molar-refractivity contribution in [3.05, 3.63) is 52.4 Å². The number of aromatic amines is 2. The highest BCUT2D eigenvalue weighted by atomic mass is 16.5. The number of aryl methyl sites for hydroxylation is 1. The van der Waals surface area contributed by atoms with Crippen LogP contribution in [0, 0.1) is 0 Å². The van der Waals surface area contributed by atoms with Gasteiger partial charge in [-0.1, -0.05) is 12.1 Å². The number of carbonyl (C=O) groups excluding carboxylic acids is 1. The van der Waals surface area contributed by atoms with Crippen molar-refractivity contribution in [1.29, 1.82) is 0 Å². The second-order valence-corrected chi connectivity index (χ2v) is 7.44. The number of benzene rings is 2. The molecule has 0 saturated carbocycles. The fraction of sp³-hybridized carbons (Fsp3) is 0.364. The number of rotatable bonds is 7. The first kappa shape index (κ1) is 19.1. The Morgan fingerprint density at radius 2 is 1.79 bits per heavy atom. The predicted octanol–water partition coefficient (Wildman–Crippen LogP) is 3.43. The molecule has 0 radical (unpaired) electrons. The Hall–Kier alpha value is -3.22. The van der Waals surface area contributed by atoms with E-state index in [0.717, 1.165) is 61.4 Å². The monoisotopic (exact) mass is 394 g/mol. The first-order valence-electron chi connectivity index (χ1n) is 10.1. The molecule has 1 aromatic heterocycles. The Morgan fingerprint density at radius 1 is 1.10 bits per heavy atom. The third kappa shape index (κ3) is 4.45. The molecule has 1 saturated heterocycles. The van der Waals surface area contributed by atoms with Gasteiger partial charge in [0.25, 0.3) is 0 Å². The highest BCUT2D eigenvalue weighted by Gasteiger charge is 2.18. The number of fused-ring (bicyclic) bond motifs is 1. The van der Waals surface area contributed by atoms with Gasteiger partial charge in [-0.25, -0.2) is 4.79 Å². The van der Waals surface area contributed by atoms with Gasteiger partial charge in [-0.2, -0.15) is 0 Å². The molecule has 4 rings (SSSR count). The zero-order valence-electron chi connectivity index (χ0n) is 16.6. The highest BCUT2D eigenvalue weighted by Crippen LogP contribution is 2.32. The van der Waals surface area contributed by atoms with E-state index in [9.17, 15) is 9.59 Å².